The fourth-order valence-electron chi connectivity index (χ4n) is 2.38. The Morgan fingerprint density at radius 1 is 1.00 bits per heavy atom. The number of nitrogens with one attached hydrogen (secondary N) is 2. The summed E-state index contributed by atoms with van der Waals surface area (Å²) < 4.78 is 37.7. The average Bonchev–Trinajstić information content (AvgIpc) is 2.64. The smallest absolute Gasteiger partial charge is 0.366 e. The number of benzene rings is 2. The van der Waals surface area contributed by atoms with E-state index in [0.717, 1.165) is 23.3 Å². The molecule has 0 fully saturated rings. The van der Waals surface area contributed by atoms with Crippen LogP contribution in [0.5, 0.6) is 0 Å². The second kappa shape index (κ2) is 9.07. The van der Waals surface area contributed by atoms with Crippen LogP contribution in [-0.4, -0.2) is 25.5 Å². The van der Waals surface area contributed by atoms with E-state index in [9.17, 15) is 18.0 Å². The Labute approximate surface area is 155 Å². The van der Waals surface area contributed by atoms with E-state index >= 15 is 0 Å². The molecule has 0 bridgehead atoms. The van der Waals surface area contributed by atoms with Gasteiger partial charge in [-0.25, -0.2) is 0 Å². The van der Waals surface area contributed by atoms with Crippen molar-refractivity contribution in [3.63, 3.8) is 0 Å². The molecule has 5 nitrogen and oxygen atoms in total. The molecule has 8 heteroatoms. The minimum Gasteiger partial charge on any atom is -0.366 e. The van der Waals surface area contributed by atoms with Crippen molar-refractivity contribution in [2.24, 2.45) is 10.7 Å². The van der Waals surface area contributed by atoms with Crippen LogP contribution in [-0.2, 0) is 19.1 Å². The summed E-state index contributed by atoms with van der Waals surface area (Å²) in [6, 6.07) is 12.0. The SMILES string of the molecule is CN=C(NCCc1ccc(C(F)(F)F)cc1)NCc1ccc(C(N)=O)cc1. The molecule has 0 atom stereocenters. The Morgan fingerprint density at radius 2 is 1.59 bits per heavy atom. The predicted molar refractivity (Wildman–Crippen MR) is 98.3 cm³/mol. The fraction of sp³-hybridized carbons (Fsp3) is 0.263. The molecule has 2 rings (SSSR count). The quantitative estimate of drug-likeness (QED) is 0.534. The lowest BCUT2D eigenvalue weighted by Gasteiger charge is -2.12. The molecule has 2 aromatic rings. The summed E-state index contributed by atoms with van der Waals surface area (Å²) in [5, 5.41) is 6.23. The molecule has 1 amide bonds. The number of nitrogens with two attached hydrogens (primary N) is 1. The number of halogens is 3. The zero-order valence-corrected chi connectivity index (χ0v) is 14.8. The van der Waals surface area contributed by atoms with Crippen molar-refractivity contribution in [1.29, 1.82) is 0 Å². The molecule has 4 N–H and O–H groups in total. The Balaban J connectivity index is 1.79. The van der Waals surface area contributed by atoms with E-state index < -0.39 is 17.6 Å². The van der Waals surface area contributed by atoms with Gasteiger partial charge in [-0.2, -0.15) is 13.2 Å². The molecule has 0 heterocycles. The molecule has 0 aliphatic carbocycles. The molecule has 0 aliphatic heterocycles. The molecule has 0 saturated carbocycles. The van der Waals surface area contributed by atoms with Gasteiger partial charge >= 0.3 is 6.18 Å². The Hall–Kier alpha value is -3.03. The van der Waals surface area contributed by atoms with Crippen LogP contribution < -0.4 is 16.4 Å². The lowest BCUT2D eigenvalue weighted by molar-refractivity contribution is -0.137. The molecular weight excluding hydrogens is 357 g/mol. The minimum absolute atomic E-state index is 0.442. The summed E-state index contributed by atoms with van der Waals surface area (Å²) in [7, 11) is 1.63. The van der Waals surface area contributed by atoms with Crippen LogP contribution in [0.3, 0.4) is 0 Å². The van der Waals surface area contributed by atoms with Crippen molar-refractivity contribution in [3.8, 4) is 0 Å². The predicted octanol–water partition coefficient (Wildman–Crippen LogP) is 2.71. The number of carbonyl (C=O) groups excluding carboxylic acids is 1. The van der Waals surface area contributed by atoms with Crippen LogP contribution in [0.15, 0.2) is 53.5 Å². The number of amides is 1. The van der Waals surface area contributed by atoms with Gasteiger partial charge in [0.15, 0.2) is 5.96 Å². The standard InChI is InChI=1S/C19H21F3N4O/c1-24-18(26-12-14-2-6-15(7-3-14)17(23)27)25-11-10-13-4-8-16(9-5-13)19(20,21)22/h2-9H,10-12H2,1H3,(H2,23,27)(H2,24,25,26). The monoisotopic (exact) mass is 378 g/mol. The van der Waals surface area contributed by atoms with Gasteiger partial charge in [-0.15, -0.1) is 0 Å². The lowest BCUT2D eigenvalue weighted by atomic mass is 10.1. The van der Waals surface area contributed by atoms with Gasteiger partial charge in [0.2, 0.25) is 5.91 Å². The first-order valence-corrected chi connectivity index (χ1v) is 8.29. The van der Waals surface area contributed by atoms with E-state index in [2.05, 4.69) is 15.6 Å². The van der Waals surface area contributed by atoms with Crippen LogP contribution in [0, 0.1) is 0 Å². The Bertz CT molecular complexity index is 784. The number of carbonyl (C=O) groups is 1. The molecular formula is C19H21F3N4O. The number of guanidine groups is 1. The third kappa shape index (κ3) is 6.32. The van der Waals surface area contributed by atoms with Gasteiger partial charge in [0.1, 0.15) is 0 Å². The Morgan fingerprint density at radius 3 is 2.11 bits per heavy atom. The maximum absolute atomic E-state index is 12.6. The summed E-state index contributed by atoms with van der Waals surface area (Å²) in [5.74, 6) is 0.0936. The van der Waals surface area contributed by atoms with Gasteiger partial charge in [-0.05, 0) is 41.8 Å². The zero-order valence-electron chi connectivity index (χ0n) is 14.8. The van der Waals surface area contributed by atoms with Gasteiger partial charge < -0.3 is 16.4 Å². The maximum Gasteiger partial charge on any atom is 0.416 e. The molecule has 0 unspecified atom stereocenters. The van der Waals surface area contributed by atoms with E-state index in [1.807, 2.05) is 0 Å². The van der Waals surface area contributed by atoms with Crippen LogP contribution in [0.25, 0.3) is 0 Å². The van der Waals surface area contributed by atoms with Crippen LogP contribution in [0.2, 0.25) is 0 Å². The molecule has 0 saturated heterocycles. The second-order valence-electron chi connectivity index (χ2n) is 5.86. The van der Waals surface area contributed by atoms with Gasteiger partial charge in [-0.1, -0.05) is 24.3 Å². The summed E-state index contributed by atoms with van der Waals surface area (Å²) in [4.78, 5) is 15.1. The highest BCUT2D eigenvalue weighted by atomic mass is 19.4. The van der Waals surface area contributed by atoms with E-state index in [1.165, 1.54) is 12.1 Å². The summed E-state index contributed by atoms with van der Waals surface area (Å²) in [6.45, 7) is 1.02. The first kappa shape index (κ1) is 20.3. The normalized spacial score (nSPS) is 11.9. The summed E-state index contributed by atoms with van der Waals surface area (Å²) >= 11 is 0. The lowest BCUT2D eigenvalue weighted by Crippen LogP contribution is -2.37. The number of nitrogens with zero attached hydrogens (tertiary/aromatic N) is 1. The highest BCUT2D eigenvalue weighted by molar-refractivity contribution is 5.92. The topological polar surface area (TPSA) is 79.5 Å². The number of aliphatic imine (C=N–C) groups is 1. The average molecular weight is 378 g/mol. The van der Waals surface area contributed by atoms with Crippen molar-refractivity contribution in [3.05, 3.63) is 70.8 Å². The summed E-state index contributed by atoms with van der Waals surface area (Å²) in [6.07, 6.45) is -3.76. The van der Waals surface area contributed by atoms with E-state index in [4.69, 9.17) is 5.73 Å². The van der Waals surface area contributed by atoms with Crippen LogP contribution in [0.1, 0.15) is 27.0 Å². The number of hydrogen-bond donors (Lipinski definition) is 3. The highest BCUT2D eigenvalue weighted by Crippen LogP contribution is 2.29. The third-order valence-electron chi connectivity index (χ3n) is 3.91. The van der Waals surface area contributed by atoms with E-state index in [1.54, 1.807) is 31.3 Å². The molecule has 144 valence electrons. The van der Waals surface area contributed by atoms with E-state index in [-0.39, 0.29) is 0 Å². The first-order chi connectivity index (χ1) is 12.8. The van der Waals surface area contributed by atoms with Crippen molar-refractivity contribution in [1.82, 2.24) is 10.6 Å². The molecule has 0 spiro atoms. The summed E-state index contributed by atoms with van der Waals surface area (Å²) in [5.41, 5.74) is 6.74. The van der Waals surface area contributed by atoms with Crippen molar-refractivity contribution < 1.29 is 18.0 Å². The first-order valence-electron chi connectivity index (χ1n) is 8.29. The second-order valence-corrected chi connectivity index (χ2v) is 5.86. The van der Waals surface area contributed by atoms with Crippen LogP contribution in [0.4, 0.5) is 13.2 Å². The number of alkyl halides is 3. The van der Waals surface area contributed by atoms with Gasteiger partial charge in [0.25, 0.3) is 0 Å². The number of primary amides is 1. The Kier molecular flexibility index (Phi) is 6.81. The third-order valence-corrected chi connectivity index (χ3v) is 3.91. The van der Waals surface area contributed by atoms with Crippen LogP contribution >= 0.6 is 0 Å². The highest BCUT2D eigenvalue weighted by Gasteiger charge is 2.29. The van der Waals surface area contributed by atoms with Crippen molar-refractivity contribution >= 4 is 11.9 Å². The van der Waals surface area contributed by atoms with E-state index in [0.29, 0.717) is 31.0 Å². The van der Waals surface area contributed by atoms with Gasteiger partial charge in [0, 0.05) is 25.7 Å². The van der Waals surface area contributed by atoms with Gasteiger partial charge in [0.05, 0.1) is 5.56 Å². The molecule has 0 radical (unpaired) electrons. The maximum atomic E-state index is 12.6. The number of rotatable bonds is 6. The molecule has 0 aliphatic rings. The zero-order chi connectivity index (χ0) is 19.9. The van der Waals surface area contributed by atoms with Crippen molar-refractivity contribution in [2.75, 3.05) is 13.6 Å². The molecule has 0 aromatic heterocycles. The molecule has 27 heavy (non-hydrogen) atoms. The minimum atomic E-state index is -4.32. The largest absolute Gasteiger partial charge is 0.416 e. The molecule has 2 aromatic carbocycles. The van der Waals surface area contributed by atoms with Crippen molar-refractivity contribution in [2.45, 2.75) is 19.1 Å². The fourth-order valence-corrected chi connectivity index (χ4v) is 2.38. The van der Waals surface area contributed by atoms with Gasteiger partial charge in [-0.3, -0.25) is 9.79 Å². The number of hydrogen-bond acceptors (Lipinski definition) is 2.